The number of benzene rings is 2. The van der Waals surface area contributed by atoms with Crippen LogP contribution in [0.2, 0.25) is 0 Å². The predicted molar refractivity (Wildman–Crippen MR) is 84.3 cm³/mol. The molecule has 2 aromatic carbocycles. The molecule has 0 N–H and O–H groups in total. The topological polar surface area (TPSA) is 43.4 Å². The van der Waals surface area contributed by atoms with Crippen LogP contribution >= 0.6 is 0 Å². The van der Waals surface area contributed by atoms with E-state index in [2.05, 4.69) is 0 Å². The van der Waals surface area contributed by atoms with E-state index in [-0.39, 0.29) is 11.8 Å². The Labute approximate surface area is 129 Å². The number of hydrogen-bond acceptors (Lipinski definition) is 3. The van der Waals surface area contributed by atoms with Crippen LogP contribution in [-0.4, -0.2) is 17.4 Å². The van der Waals surface area contributed by atoms with Gasteiger partial charge in [0.05, 0.1) is 5.56 Å². The van der Waals surface area contributed by atoms with Crippen molar-refractivity contribution in [1.29, 1.82) is 0 Å². The molecule has 0 saturated carbocycles. The molecule has 0 heterocycles. The molecular formula is C19H18O3. The highest BCUT2D eigenvalue weighted by Gasteiger charge is 2.25. The maximum atomic E-state index is 12.5. The SMILES string of the molecule is CC(C)(C)OC(=O)c1ccc2c(c1)Cc1ccccc1C2=O. The summed E-state index contributed by atoms with van der Waals surface area (Å²) in [5, 5.41) is 0. The van der Waals surface area contributed by atoms with Crippen LogP contribution in [0.15, 0.2) is 42.5 Å². The lowest BCUT2D eigenvalue weighted by Crippen LogP contribution is -2.24. The third kappa shape index (κ3) is 2.67. The Balaban J connectivity index is 1.97. The zero-order chi connectivity index (χ0) is 15.9. The zero-order valence-electron chi connectivity index (χ0n) is 13.0. The van der Waals surface area contributed by atoms with Crippen molar-refractivity contribution in [2.24, 2.45) is 0 Å². The lowest BCUT2D eigenvalue weighted by atomic mass is 9.84. The van der Waals surface area contributed by atoms with Gasteiger partial charge in [0, 0.05) is 11.1 Å². The maximum Gasteiger partial charge on any atom is 0.338 e. The van der Waals surface area contributed by atoms with Crippen molar-refractivity contribution in [1.82, 2.24) is 0 Å². The number of ether oxygens (including phenoxy) is 1. The third-order valence-electron chi connectivity index (χ3n) is 3.63. The highest BCUT2D eigenvalue weighted by atomic mass is 16.6. The number of rotatable bonds is 1. The van der Waals surface area contributed by atoms with Gasteiger partial charge in [-0.15, -0.1) is 0 Å². The first-order chi connectivity index (χ1) is 10.3. The normalized spacial score (nSPS) is 13.3. The van der Waals surface area contributed by atoms with Crippen molar-refractivity contribution in [3.05, 3.63) is 70.3 Å². The molecular weight excluding hydrogens is 276 g/mol. The van der Waals surface area contributed by atoms with Gasteiger partial charge in [0.2, 0.25) is 0 Å². The van der Waals surface area contributed by atoms with Crippen molar-refractivity contribution in [2.45, 2.75) is 32.8 Å². The van der Waals surface area contributed by atoms with Crippen molar-refractivity contribution in [3.8, 4) is 0 Å². The van der Waals surface area contributed by atoms with Crippen molar-refractivity contribution >= 4 is 11.8 Å². The first-order valence-electron chi connectivity index (χ1n) is 7.34. The fourth-order valence-electron chi connectivity index (χ4n) is 2.67. The fourth-order valence-corrected chi connectivity index (χ4v) is 2.67. The summed E-state index contributed by atoms with van der Waals surface area (Å²) >= 11 is 0. The van der Waals surface area contributed by atoms with Crippen LogP contribution in [0.25, 0.3) is 0 Å². The Bertz CT molecular complexity index is 766. The number of esters is 1. The van der Waals surface area contributed by atoms with E-state index in [9.17, 15) is 9.59 Å². The van der Waals surface area contributed by atoms with Crippen LogP contribution in [0.5, 0.6) is 0 Å². The minimum absolute atomic E-state index is 0.0209. The van der Waals surface area contributed by atoms with Crippen molar-refractivity contribution in [2.75, 3.05) is 0 Å². The molecule has 22 heavy (non-hydrogen) atoms. The van der Waals surface area contributed by atoms with Gasteiger partial charge in [-0.05, 0) is 56.5 Å². The molecule has 112 valence electrons. The average molecular weight is 294 g/mol. The summed E-state index contributed by atoms with van der Waals surface area (Å²) in [6.45, 7) is 5.51. The lowest BCUT2D eigenvalue weighted by molar-refractivity contribution is 0.00692. The fraction of sp³-hybridized carbons (Fsp3) is 0.263. The number of fused-ring (bicyclic) bond motifs is 2. The zero-order valence-corrected chi connectivity index (χ0v) is 13.0. The van der Waals surface area contributed by atoms with Gasteiger partial charge in [-0.3, -0.25) is 4.79 Å². The van der Waals surface area contributed by atoms with Crippen LogP contribution in [-0.2, 0) is 11.2 Å². The van der Waals surface area contributed by atoms with E-state index >= 15 is 0 Å². The molecule has 3 nitrogen and oxygen atoms in total. The standard InChI is InChI=1S/C19H18O3/c1-19(2,3)22-18(21)13-8-9-16-14(11-13)10-12-6-4-5-7-15(12)17(16)20/h4-9,11H,10H2,1-3H3. The quantitative estimate of drug-likeness (QED) is 0.642. The summed E-state index contributed by atoms with van der Waals surface area (Å²) in [5.41, 5.74) is 3.26. The summed E-state index contributed by atoms with van der Waals surface area (Å²) in [6.07, 6.45) is 0.661. The summed E-state index contributed by atoms with van der Waals surface area (Å²) in [4.78, 5) is 24.7. The van der Waals surface area contributed by atoms with Gasteiger partial charge in [-0.1, -0.05) is 24.3 Å². The lowest BCUT2D eigenvalue weighted by Gasteiger charge is -2.21. The molecule has 0 radical (unpaired) electrons. The largest absolute Gasteiger partial charge is 0.456 e. The van der Waals surface area contributed by atoms with Crippen LogP contribution in [0, 0.1) is 0 Å². The van der Waals surface area contributed by atoms with E-state index in [1.165, 1.54) is 0 Å². The Kier molecular flexibility index (Phi) is 3.36. The van der Waals surface area contributed by atoms with Crippen LogP contribution in [0.3, 0.4) is 0 Å². The number of hydrogen-bond donors (Lipinski definition) is 0. The molecule has 0 atom stereocenters. The second-order valence-electron chi connectivity index (χ2n) is 6.54. The third-order valence-corrected chi connectivity index (χ3v) is 3.63. The van der Waals surface area contributed by atoms with Crippen molar-refractivity contribution < 1.29 is 14.3 Å². The Hall–Kier alpha value is -2.42. The van der Waals surface area contributed by atoms with Gasteiger partial charge < -0.3 is 4.74 Å². The van der Waals surface area contributed by atoms with Gasteiger partial charge in [0.1, 0.15) is 5.60 Å². The van der Waals surface area contributed by atoms with E-state index in [0.29, 0.717) is 17.5 Å². The Morgan fingerprint density at radius 1 is 1.00 bits per heavy atom. The molecule has 1 aliphatic carbocycles. The molecule has 0 bridgehead atoms. The summed E-state index contributed by atoms with van der Waals surface area (Å²) in [6, 6.07) is 12.8. The molecule has 0 saturated heterocycles. The molecule has 3 heteroatoms. The number of carbonyl (C=O) groups excluding carboxylic acids is 2. The minimum Gasteiger partial charge on any atom is -0.456 e. The molecule has 0 unspecified atom stereocenters. The van der Waals surface area contributed by atoms with Crippen molar-refractivity contribution in [3.63, 3.8) is 0 Å². The smallest absolute Gasteiger partial charge is 0.338 e. The summed E-state index contributed by atoms with van der Waals surface area (Å²) in [7, 11) is 0. The van der Waals surface area contributed by atoms with Crippen LogP contribution in [0.4, 0.5) is 0 Å². The first kappa shape index (κ1) is 14.5. The molecule has 0 fully saturated rings. The molecule has 1 aliphatic rings. The monoisotopic (exact) mass is 294 g/mol. The molecule has 0 spiro atoms. The van der Waals surface area contributed by atoms with Gasteiger partial charge >= 0.3 is 5.97 Å². The van der Waals surface area contributed by atoms with E-state index in [4.69, 9.17) is 4.74 Å². The van der Waals surface area contributed by atoms with Crippen LogP contribution in [0.1, 0.15) is 58.2 Å². The van der Waals surface area contributed by atoms with E-state index in [0.717, 1.165) is 16.7 Å². The van der Waals surface area contributed by atoms with Crippen LogP contribution < -0.4 is 0 Å². The van der Waals surface area contributed by atoms with Gasteiger partial charge in [-0.2, -0.15) is 0 Å². The summed E-state index contributed by atoms with van der Waals surface area (Å²) in [5.74, 6) is -0.339. The minimum atomic E-state index is -0.532. The Morgan fingerprint density at radius 2 is 1.68 bits per heavy atom. The number of ketones is 1. The summed E-state index contributed by atoms with van der Waals surface area (Å²) < 4.78 is 5.39. The van der Waals surface area contributed by atoms with Gasteiger partial charge in [-0.25, -0.2) is 4.79 Å². The number of carbonyl (C=O) groups is 2. The molecule has 3 rings (SSSR count). The van der Waals surface area contributed by atoms with E-state index in [1.54, 1.807) is 18.2 Å². The highest BCUT2D eigenvalue weighted by molar-refractivity contribution is 6.12. The molecule has 0 amide bonds. The van der Waals surface area contributed by atoms with E-state index < -0.39 is 5.60 Å². The Morgan fingerprint density at radius 3 is 2.41 bits per heavy atom. The second kappa shape index (κ2) is 5.09. The molecule has 2 aromatic rings. The second-order valence-corrected chi connectivity index (χ2v) is 6.54. The molecule has 0 aliphatic heterocycles. The highest BCUT2D eigenvalue weighted by Crippen LogP contribution is 2.28. The average Bonchev–Trinajstić information content (AvgIpc) is 2.45. The van der Waals surface area contributed by atoms with Gasteiger partial charge in [0.15, 0.2) is 5.78 Å². The maximum absolute atomic E-state index is 12.5. The first-order valence-corrected chi connectivity index (χ1v) is 7.34. The van der Waals surface area contributed by atoms with E-state index in [1.807, 2.05) is 45.0 Å². The van der Waals surface area contributed by atoms with Gasteiger partial charge in [0.25, 0.3) is 0 Å². The predicted octanol–water partition coefficient (Wildman–Crippen LogP) is 3.78. The molecule has 0 aromatic heterocycles.